The smallest absolute Gasteiger partial charge is 0.123 e. The molecule has 0 aliphatic carbocycles. The highest BCUT2D eigenvalue weighted by Crippen LogP contribution is 2.19. The number of hydrogen-bond donors (Lipinski definition) is 1. The zero-order chi connectivity index (χ0) is 14.4. The first-order valence-electron chi connectivity index (χ1n) is 7.36. The van der Waals surface area contributed by atoms with Crippen molar-refractivity contribution in [2.75, 3.05) is 6.54 Å². The Morgan fingerprint density at radius 1 is 1.25 bits per heavy atom. The van der Waals surface area contributed by atoms with Gasteiger partial charge in [0.15, 0.2) is 0 Å². The Kier molecular flexibility index (Phi) is 5.36. The van der Waals surface area contributed by atoms with Crippen LogP contribution in [0.1, 0.15) is 43.9 Å². The molecule has 1 aromatic heterocycles. The molecular formula is C17H23FN2. The molecule has 108 valence electrons. The molecule has 0 spiro atoms. The van der Waals surface area contributed by atoms with Crippen LogP contribution in [0.5, 0.6) is 0 Å². The van der Waals surface area contributed by atoms with E-state index in [-0.39, 0.29) is 5.82 Å². The Bertz CT molecular complexity index is 527. The van der Waals surface area contributed by atoms with Crippen molar-refractivity contribution in [2.45, 2.75) is 39.3 Å². The monoisotopic (exact) mass is 274 g/mol. The first-order valence-corrected chi connectivity index (χ1v) is 7.36. The van der Waals surface area contributed by atoms with E-state index in [0.29, 0.717) is 12.6 Å². The van der Waals surface area contributed by atoms with Crippen LogP contribution in [0.25, 0.3) is 0 Å². The molecule has 2 rings (SSSR count). The van der Waals surface area contributed by atoms with Crippen LogP contribution in [0.3, 0.4) is 0 Å². The molecule has 2 aromatic rings. The van der Waals surface area contributed by atoms with Gasteiger partial charge < -0.3 is 9.88 Å². The van der Waals surface area contributed by atoms with Gasteiger partial charge in [-0.2, -0.15) is 0 Å². The molecule has 0 amide bonds. The molecule has 0 aliphatic heterocycles. The molecule has 0 saturated carbocycles. The topological polar surface area (TPSA) is 17.0 Å². The summed E-state index contributed by atoms with van der Waals surface area (Å²) in [5.41, 5.74) is 2.30. The predicted molar refractivity (Wildman–Crippen MR) is 81.3 cm³/mol. The van der Waals surface area contributed by atoms with Gasteiger partial charge in [0.25, 0.3) is 0 Å². The molecule has 0 radical (unpaired) electrons. The van der Waals surface area contributed by atoms with E-state index >= 15 is 0 Å². The van der Waals surface area contributed by atoms with Gasteiger partial charge in [0.1, 0.15) is 5.82 Å². The summed E-state index contributed by atoms with van der Waals surface area (Å²) in [7, 11) is 0. The Morgan fingerprint density at radius 3 is 2.80 bits per heavy atom. The minimum atomic E-state index is -0.175. The van der Waals surface area contributed by atoms with Gasteiger partial charge in [0.2, 0.25) is 0 Å². The molecule has 1 aromatic carbocycles. The summed E-state index contributed by atoms with van der Waals surface area (Å²) >= 11 is 0. The summed E-state index contributed by atoms with van der Waals surface area (Å²) in [5.74, 6) is -0.175. The standard InChI is InChI=1S/C17H23FN2/c1-3-6-17(19-4-2)15-9-10-20(13-15)12-14-7-5-8-16(18)11-14/h5,7-11,13,17,19H,3-4,6,12H2,1-2H3. The summed E-state index contributed by atoms with van der Waals surface area (Å²) in [6, 6.07) is 9.35. The average molecular weight is 274 g/mol. The second-order valence-electron chi connectivity index (χ2n) is 5.15. The zero-order valence-electron chi connectivity index (χ0n) is 12.3. The first kappa shape index (κ1) is 14.8. The molecule has 3 heteroatoms. The third-order valence-corrected chi connectivity index (χ3v) is 3.46. The van der Waals surface area contributed by atoms with Crippen molar-refractivity contribution in [1.29, 1.82) is 0 Å². The third-order valence-electron chi connectivity index (χ3n) is 3.46. The largest absolute Gasteiger partial charge is 0.350 e. The van der Waals surface area contributed by atoms with Crippen LogP contribution in [0.4, 0.5) is 4.39 Å². The summed E-state index contributed by atoms with van der Waals surface area (Å²) < 4.78 is 15.3. The second kappa shape index (κ2) is 7.25. The molecule has 0 aliphatic rings. The maximum atomic E-state index is 13.2. The zero-order valence-corrected chi connectivity index (χ0v) is 12.3. The van der Waals surface area contributed by atoms with Crippen LogP contribution < -0.4 is 5.32 Å². The number of aromatic nitrogens is 1. The Morgan fingerprint density at radius 2 is 2.10 bits per heavy atom. The molecule has 1 N–H and O–H groups in total. The number of rotatable bonds is 7. The van der Waals surface area contributed by atoms with Crippen molar-refractivity contribution < 1.29 is 4.39 Å². The van der Waals surface area contributed by atoms with E-state index in [4.69, 9.17) is 0 Å². The van der Waals surface area contributed by atoms with Crippen molar-refractivity contribution in [3.8, 4) is 0 Å². The fourth-order valence-corrected chi connectivity index (χ4v) is 2.53. The minimum Gasteiger partial charge on any atom is -0.350 e. The minimum absolute atomic E-state index is 0.175. The van der Waals surface area contributed by atoms with Crippen LogP contribution in [0, 0.1) is 5.82 Å². The molecule has 2 nitrogen and oxygen atoms in total. The quantitative estimate of drug-likeness (QED) is 0.803. The van der Waals surface area contributed by atoms with Crippen LogP contribution in [-0.2, 0) is 6.54 Å². The van der Waals surface area contributed by atoms with Crippen LogP contribution in [0.15, 0.2) is 42.7 Å². The van der Waals surface area contributed by atoms with Crippen molar-refractivity contribution in [1.82, 2.24) is 9.88 Å². The fraction of sp³-hybridized carbons (Fsp3) is 0.412. The van der Waals surface area contributed by atoms with E-state index < -0.39 is 0 Å². The van der Waals surface area contributed by atoms with Gasteiger partial charge in [0.05, 0.1) is 0 Å². The maximum Gasteiger partial charge on any atom is 0.123 e. The molecule has 0 saturated heterocycles. The van der Waals surface area contributed by atoms with Gasteiger partial charge >= 0.3 is 0 Å². The Labute approximate surface area is 120 Å². The highest BCUT2D eigenvalue weighted by Gasteiger charge is 2.10. The van der Waals surface area contributed by atoms with Crippen molar-refractivity contribution >= 4 is 0 Å². The Balaban J connectivity index is 2.07. The van der Waals surface area contributed by atoms with Crippen LogP contribution in [-0.4, -0.2) is 11.1 Å². The summed E-state index contributed by atoms with van der Waals surface area (Å²) in [6.45, 7) is 6.02. The van der Waals surface area contributed by atoms with Crippen molar-refractivity contribution in [3.05, 3.63) is 59.7 Å². The molecule has 1 heterocycles. The fourth-order valence-electron chi connectivity index (χ4n) is 2.53. The predicted octanol–water partition coefficient (Wildman–Crippen LogP) is 4.13. The van der Waals surface area contributed by atoms with Gasteiger partial charge in [-0.05, 0) is 42.3 Å². The number of nitrogens with one attached hydrogen (secondary N) is 1. The molecule has 0 fully saturated rings. The molecule has 20 heavy (non-hydrogen) atoms. The number of halogens is 1. The summed E-state index contributed by atoms with van der Waals surface area (Å²) in [5, 5.41) is 3.51. The Hall–Kier alpha value is -1.61. The number of nitrogens with zero attached hydrogens (tertiary/aromatic N) is 1. The lowest BCUT2D eigenvalue weighted by molar-refractivity contribution is 0.508. The van der Waals surface area contributed by atoms with E-state index in [9.17, 15) is 4.39 Å². The van der Waals surface area contributed by atoms with E-state index in [1.807, 2.05) is 6.07 Å². The van der Waals surface area contributed by atoms with E-state index in [1.165, 1.54) is 11.6 Å². The summed E-state index contributed by atoms with van der Waals surface area (Å²) in [6.07, 6.45) is 6.53. The number of hydrogen-bond acceptors (Lipinski definition) is 1. The first-order chi connectivity index (χ1) is 9.72. The molecule has 1 unspecified atom stereocenters. The van der Waals surface area contributed by atoms with Crippen LogP contribution in [0.2, 0.25) is 0 Å². The normalized spacial score (nSPS) is 12.6. The van der Waals surface area contributed by atoms with Gasteiger partial charge in [-0.1, -0.05) is 32.4 Å². The molecular weight excluding hydrogens is 251 g/mol. The van der Waals surface area contributed by atoms with Crippen molar-refractivity contribution in [2.24, 2.45) is 0 Å². The molecule has 0 bridgehead atoms. The summed E-state index contributed by atoms with van der Waals surface area (Å²) in [4.78, 5) is 0. The van der Waals surface area contributed by atoms with Gasteiger partial charge in [0, 0.05) is 25.0 Å². The average Bonchev–Trinajstić information content (AvgIpc) is 2.87. The lowest BCUT2D eigenvalue weighted by atomic mass is 10.1. The van der Waals surface area contributed by atoms with E-state index in [0.717, 1.165) is 24.9 Å². The highest BCUT2D eigenvalue weighted by molar-refractivity contribution is 5.20. The van der Waals surface area contributed by atoms with Gasteiger partial charge in [-0.3, -0.25) is 0 Å². The van der Waals surface area contributed by atoms with Gasteiger partial charge in [-0.15, -0.1) is 0 Å². The SMILES string of the molecule is CCCC(NCC)c1ccn(Cc2cccc(F)c2)c1. The lowest BCUT2D eigenvalue weighted by Gasteiger charge is -2.15. The highest BCUT2D eigenvalue weighted by atomic mass is 19.1. The van der Waals surface area contributed by atoms with Gasteiger partial charge in [-0.25, -0.2) is 4.39 Å². The number of benzene rings is 1. The third kappa shape index (κ3) is 3.94. The lowest BCUT2D eigenvalue weighted by Crippen LogP contribution is -2.20. The molecule has 1 atom stereocenters. The van der Waals surface area contributed by atoms with E-state index in [2.05, 4.69) is 42.2 Å². The van der Waals surface area contributed by atoms with Crippen molar-refractivity contribution in [3.63, 3.8) is 0 Å². The van der Waals surface area contributed by atoms with E-state index in [1.54, 1.807) is 12.1 Å². The second-order valence-corrected chi connectivity index (χ2v) is 5.15. The van der Waals surface area contributed by atoms with Crippen LogP contribution >= 0.6 is 0 Å². The maximum absolute atomic E-state index is 13.2.